The molecule has 0 radical (unpaired) electrons. The first-order valence-electron chi connectivity index (χ1n) is 2.80. The van der Waals surface area contributed by atoms with Crippen LogP contribution in [0, 0.1) is 5.41 Å². The molecular formula is C7H8N2. The van der Waals surface area contributed by atoms with Crippen LogP contribution in [0.15, 0.2) is 28.9 Å². The van der Waals surface area contributed by atoms with Gasteiger partial charge in [-0.25, -0.2) is 0 Å². The lowest BCUT2D eigenvalue weighted by Gasteiger charge is -1.99. The van der Waals surface area contributed by atoms with Crippen LogP contribution in [0.3, 0.4) is 0 Å². The van der Waals surface area contributed by atoms with E-state index in [1.165, 1.54) is 0 Å². The Kier molecular flexibility index (Phi) is 1.58. The molecule has 0 unspecified atom stereocenters. The highest BCUT2D eigenvalue weighted by Gasteiger charge is 1.98. The first-order valence-corrected chi connectivity index (χ1v) is 2.80. The van der Waals surface area contributed by atoms with E-state index in [2.05, 4.69) is 4.99 Å². The van der Waals surface area contributed by atoms with E-state index < -0.39 is 0 Å². The molecule has 46 valence electrons. The lowest BCUT2D eigenvalue weighted by molar-refractivity contribution is 1.38. The number of hydrogen-bond donors (Lipinski definition) is 1. The predicted molar refractivity (Wildman–Crippen MR) is 39.1 cm³/mol. The number of aliphatic imine (C=N–C) groups is 1. The van der Waals surface area contributed by atoms with Crippen LogP contribution < -0.4 is 0 Å². The average molecular weight is 120 g/mol. The van der Waals surface area contributed by atoms with Gasteiger partial charge in [-0.3, -0.25) is 10.4 Å². The molecule has 1 rings (SSSR count). The molecule has 1 aliphatic heterocycles. The summed E-state index contributed by atoms with van der Waals surface area (Å²) in [4.78, 5) is 3.95. The summed E-state index contributed by atoms with van der Waals surface area (Å²) in [6.45, 7) is 1.88. The zero-order valence-electron chi connectivity index (χ0n) is 5.26. The van der Waals surface area contributed by atoms with Gasteiger partial charge in [-0.1, -0.05) is 6.08 Å². The summed E-state index contributed by atoms with van der Waals surface area (Å²) in [5, 5.41) is 7.28. The van der Waals surface area contributed by atoms with Crippen molar-refractivity contribution in [3.63, 3.8) is 0 Å². The minimum Gasteiger partial charge on any atom is -0.299 e. The molecule has 0 fully saturated rings. The van der Waals surface area contributed by atoms with Gasteiger partial charge in [0, 0.05) is 6.21 Å². The third-order valence-corrected chi connectivity index (χ3v) is 1.11. The molecule has 0 saturated carbocycles. The standard InChI is InChI=1S/C7H8N2/c1-2-7-6(8)4-3-5-9-7/h2-5,8H,1H3/b7-2-,8-6?. The lowest BCUT2D eigenvalue weighted by Crippen LogP contribution is -1.98. The number of dihydropyridines is 1. The minimum atomic E-state index is 0.486. The highest BCUT2D eigenvalue weighted by atomic mass is 14.8. The van der Waals surface area contributed by atoms with Crippen molar-refractivity contribution in [3.05, 3.63) is 23.9 Å². The molecule has 9 heavy (non-hydrogen) atoms. The third kappa shape index (κ3) is 1.13. The molecule has 0 amide bonds. The Labute approximate surface area is 54.1 Å². The van der Waals surface area contributed by atoms with Crippen molar-refractivity contribution >= 4 is 11.9 Å². The fourth-order valence-corrected chi connectivity index (χ4v) is 0.648. The van der Waals surface area contributed by atoms with E-state index in [-0.39, 0.29) is 0 Å². The maximum absolute atomic E-state index is 7.28. The smallest absolute Gasteiger partial charge is 0.0836 e. The van der Waals surface area contributed by atoms with Crippen LogP contribution in [-0.4, -0.2) is 11.9 Å². The first-order chi connectivity index (χ1) is 4.34. The SMILES string of the molecule is C/C=C1\N=CC=CC1=N. The van der Waals surface area contributed by atoms with Crippen molar-refractivity contribution < 1.29 is 0 Å². The van der Waals surface area contributed by atoms with Crippen molar-refractivity contribution in [2.45, 2.75) is 6.92 Å². The van der Waals surface area contributed by atoms with Gasteiger partial charge in [-0.15, -0.1) is 0 Å². The van der Waals surface area contributed by atoms with Gasteiger partial charge in [0.05, 0.1) is 11.4 Å². The van der Waals surface area contributed by atoms with Crippen molar-refractivity contribution in [1.82, 2.24) is 0 Å². The molecule has 2 heteroatoms. The van der Waals surface area contributed by atoms with Gasteiger partial charge in [0.1, 0.15) is 0 Å². The van der Waals surface area contributed by atoms with Crippen LogP contribution >= 0.6 is 0 Å². The van der Waals surface area contributed by atoms with Gasteiger partial charge in [0.25, 0.3) is 0 Å². The van der Waals surface area contributed by atoms with E-state index in [9.17, 15) is 0 Å². The summed E-state index contributed by atoms with van der Waals surface area (Å²) < 4.78 is 0. The quantitative estimate of drug-likeness (QED) is 0.503. The van der Waals surface area contributed by atoms with Crippen LogP contribution in [-0.2, 0) is 0 Å². The second-order valence-electron chi connectivity index (χ2n) is 1.72. The average Bonchev–Trinajstić information content (AvgIpc) is 1.89. The summed E-state index contributed by atoms with van der Waals surface area (Å²) in [6, 6.07) is 0. The van der Waals surface area contributed by atoms with Crippen LogP contribution in [0.25, 0.3) is 0 Å². The maximum Gasteiger partial charge on any atom is 0.0836 e. The van der Waals surface area contributed by atoms with Crippen LogP contribution in [0.2, 0.25) is 0 Å². The molecule has 0 atom stereocenters. The van der Waals surface area contributed by atoms with E-state index in [0.717, 1.165) is 5.70 Å². The second kappa shape index (κ2) is 2.40. The molecule has 0 aliphatic carbocycles. The molecule has 2 nitrogen and oxygen atoms in total. The third-order valence-electron chi connectivity index (χ3n) is 1.11. The largest absolute Gasteiger partial charge is 0.299 e. The molecule has 1 N–H and O–H groups in total. The summed E-state index contributed by atoms with van der Waals surface area (Å²) in [7, 11) is 0. The Morgan fingerprint density at radius 1 is 1.67 bits per heavy atom. The summed E-state index contributed by atoms with van der Waals surface area (Å²) in [5.74, 6) is 0. The summed E-state index contributed by atoms with van der Waals surface area (Å²) in [5.41, 5.74) is 1.23. The van der Waals surface area contributed by atoms with Crippen molar-refractivity contribution in [2.24, 2.45) is 4.99 Å². The zero-order valence-corrected chi connectivity index (χ0v) is 5.26. The van der Waals surface area contributed by atoms with Crippen LogP contribution in [0.4, 0.5) is 0 Å². The Bertz CT molecular complexity index is 209. The van der Waals surface area contributed by atoms with E-state index in [1.54, 1.807) is 18.4 Å². The molecule has 0 spiro atoms. The van der Waals surface area contributed by atoms with Gasteiger partial charge >= 0.3 is 0 Å². The zero-order chi connectivity index (χ0) is 6.69. The topological polar surface area (TPSA) is 36.2 Å². The number of hydrogen-bond acceptors (Lipinski definition) is 2. The summed E-state index contributed by atoms with van der Waals surface area (Å²) >= 11 is 0. The molecule has 1 heterocycles. The first kappa shape index (κ1) is 5.95. The predicted octanol–water partition coefficient (Wildman–Crippen LogP) is 1.55. The van der Waals surface area contributed by atoms with Crippen LogP contribution in [0.1, 0.15) is 6.92 Å². The Morgan fingerprint density at radius 3 is 2.89 bits per heavy atom. The summed E-state index contributed by atoms with van der Waals surface area (Å²) in [6.07, 6.45) is 6.99. The molecule has 1 aliphatic rings. The normalized spacial score (nSPS) is 21.4. The van der Waals surface area contributed by atoms with Gasteiger partial charge in [0.15, 0.2) is 0 Å². The van der Waals surface area contributed by atoms with E-state index >= 15 is 0 Å². The van der Waals surface area contributed by atoms with E-state index in [0.29, 0.717) is 5.71 Å². The Morgan fingerprint density at radius 2 is 2.44 bits per heavy atom. The molecule has 0 saturated heterocycles. The number of allylic oxidation sites excluding steroid dienone is 3. The van der Waals surface area contributed by atoms with E-state index in [4.69, 9.17) is 5.41 Å². The van der Waals surface area contributed by atoms with Crippen LogP contribution in [0.5, 0.6) is 0 Å². The minimum absolute atomic E-state index is 0.486. The molecule has 0 aromatic carbocycles. The van der Waals surface area contributed by atoms with Crippen molar-refractivity contribution in [2.75, 3.05) is 0 Å². The number of rotatable bonds is 0. The lowest BCUT2D eigenvalue weighted by atomic mass is 10.2. The molecule has 0 aromatic rings. The van der Waals surface area contributed by atoms with E-state index in [1.807, 2.05) is 13.0 Å². The monoisotopic (exact) mass is 120 g/mol. The fourth-order valence-electron chi connectivity index (χ4n) is 0.648. The Hall–Kier alpha value is -1.18. The maximum atomic E-state index is 7.28. The van der Waals surface area contributed by atoms with Crippen molar-refractivity contribution in [1.29, 1.82) is 5.41 Å². The molecule has 0 aromatic heterocycles. The molecule has 0 bridgehead atoms. The fraction of sp³-hybridized carbons (Fsp3) is 0.143. The van der Waals surface area contributed by atoms with Gasteiger partial charge in [-0.2, -0.15) is 0 Å². The van der Waals surface area contributed by atoms with Gasteiger partial charge in [0.2, 0.25) is 0 Å². The number of nitrogens with zero attached hydrogens (tertiary/aromatic N) is 1. The highest BCUT2D eigenvalue weighted by Crippen LogP contribution is 2.02. The molecular weight excluding hydrogens is 112 g/mol. The number of nitrogens with one attached hydrogen (secondary N) is 1. The van der Waals surface area contributed by atoms with Crippen molar-refractivity contribution in [3.8, 4) is 0 Å². The van der Waals surface area contributed by atoms with Gasteiger partial charge in [-0.05, 0) is 19.1 Å². The highest BCUT2D eigenvalue weighted by molar-refractivity contribution is 6.10. The Balaban J connectivity index is 2.91. The van der Waals surface area contributed by atoms with Gasteiger partial charge < -0.3 is 0 Å². The second-order valence-corrected chi connectivity index (χ2v) is 1.72.